The van der Waals surface area contributed by atoms with Crippen LogP contribution in [0.1, 0.15) is 22.7 Å². The lowest BCUT2D eigenvalue weighted by Crippen LogP contribution is -2.11. The molecule has 4 heteroatoms. The zero-order chi connectivity index (χ0) is 12.4. The van der Waals surface area contributed by atoms with Crippen LogP contribution in [-0.4, -0.2) is 7.11 Å². The summed E-state index contributed by atoms with van der Waals surface area (Å²) in [6.45, 7) is 2.00. The molecule has 0 spiro atoms. The monoisotopic (exact) mass is 295 g/mol. The minimum atomic E-state index is -0.201. The molecule has 0 aliphatic rings. The molecular weight excluding hydrogens is 282 g/mol. The molecule has 0 aliphatic carbocycles. The molecule has 0 fully saturated rings. The van der Waals surface area contributed by atoms with Crippen LogP contribution in [0.5, 0.6) is 5.75 Å². The van der Waals surface area contributed by atoms with Gasteiger partial charge in [0, 0.05) is 5.56 Å². The van der Waals surface area contributed by atoms with E-state index in [1.165, 1.54) is 0 Å². The molecule has 3 nitrogen and oxygen atoms in total. The van der Waals surface area contributed by atoms with Crippen molar-refractivity contribution in [2.24, 2.45) is 5.73 Å². The molecule has 90 valence electrons. The first-order chi connectivity index (χ1) is 8.13. The van der Waals surface area contributed by atoms with Crippen molar-refractivity contribution in [3.63, 3.8) is 0 Å². The normalized spacial score (nSPS) is 12.5. The maximum absolute atomic E-state index is 6.19. The van der Waals surface area contributed by atoms with Crippen LogP contribution in [0, 0.1) is 6.92 Å². The van der Waals surface area contributed by atoms with E-state index in [9.17, 15) is 0 Å². The van der Waals surface area contributed by atoms with Gasteiger partial charge in [0.15, 0.2) is 4.67 Å². The number of benzene rings is 1. The zero-order valence-electron chi connectivity index (χ0n) is 9.74. The highest BCUT2D eigenvalue weighted by Gasteiger charge is 2.15. The first-order valence-electron chi connectivity index (χ1n) is 5.26. The highest BCUT2D eigenvalue weighted by Crippen LogP contribution is 2.29. The Morgan fingerprint density at radius 3 is 2.65 bits per heavy atom. The standard InChI is InChI=1S/C13H14BrNO2/c1-8-7-9(3-4-11(8)16-2)12(15)10-5-6-17-13(10)14/h3-7,12H,15H2,1-2H3. The summed E-state index contributed by atoms with van der Waals surface area (Å²) in [5, 5.41) is 0. The Morgan fingerprint density at radius 2 is 2.12 bits per heavy atom. The summed E-state index contributed by atoms with van der Waals surface area (Å²) in [6, 6.07) is 7.60. The Balaban J connectivity index is 2.35. The molecule has 1 atom stereocenters. The van der Waals surface area contributed by atoms with Crippen LogP contribution in [0.25, 0.3) is 0 Å². The molecule has 0 bridgehead atoms. The van der Waals surface area contributed by atoms with Crippen molar-refractivity contribution in [3.8, 4) is 5.75 Å². The van der Waals surface area contributed by atoms with Crippen molar-refractivity contribution in [2.45, 2.75) is 13.0 Å². The summed E-state index contributed by atoms with van der Waals surface area (Å²) in [4.78, 5) is 0. The number of hydrogen-bond acceptors (Lipinski definition) is 3. The van der Waals surface area contributed by atoms with Gasteiger partial charge < -0.3 is 14.9 Å². The van der Waals surface area contributed by atoms with Gasteiger partial charge in [-0.15, -0.1) is 0 Å². The number of furan rings is 1. The average Bonchev–Trinajstić information content (AvgIpc) is 2.74. The highest BCUT2D eigenvalue weighted by molar-refractivity contribution is 9.10. The van der Waals surface area contributed by atoms with Crippen molar-refractivity contribution < 1.29 is 9.15 Å². The Labute approximate surface area is 109 Å². The van der Waals surface area contributed by atoms with Gasteiger partial charge in [0.2, 0.25) is 0 Å². The number of aryl methyl sites for hydroxylation is 1. The van der Waals surface area contributed by atoms with Crippen LogP contribution in [0.3, 0.4) is 0 Å². The van der Waals surface area contributed by atoms with Gasteiger partial charge in [0.25, 0.3) is 0 Å². The second-order valence-corrected chi connectivity index (χ2v) is 4.58. The van der Waals surface area contributed by atoms with Gasteiger partial charge in [0.1, 0.15) is 5.75 Å². The van der Waals surface area contributed by atoms with Gasteiger partial charge in [-0.2, -0.15) is 0 Å². The van der Waals surface area contributed by atoms with Crippen molar-refractivity contribution >= 4 is 15.9 Å². The third-order valence-corrected chi connectivity index (χ3v) is 3.40. The Hall–Kier alpha value is -1.26. The maximum atomic E-state index is 6.19. The van der Waals surface area contributed by atoms with Crippen molar-refractivity contribution in [1.29, 1.82) is 0 Å². The van der Waals surface area contributed by atoms with Crippen LogP contribution < -0.4 is 10.5 Å². The molecular formula is C13H14BrNO2. The Bertz CT molecular complexity index is 522. The predicted molar refractivity (Wildman–Crippen MR) is 70.2 cm³/mol. The van der Waals surface area contributed by atoms with Crippen LogP contribution in [-0.2, 0) is 0 Å². The van der Waals surface area contributed by atoms with Crippen molar-refractivity contribution in [1.82, 2.24) is 0 Å². The third-order valence-electron chi connectivity index (χ3n) is 2.76. The molecule has 0 aliphatic heterocycles. The molecule has 1 aromatic carbocycles. The predicted octanol–water partition coefficient (Wildman–Crippen LogP) is 3.41. The molecule has 1 unspecified atom stereocenters. The molecule has 2 aromatic rings. The quantitative estimate of drug-likeness (QED) is 0.944. The van der Waals surface area contributed by atoms with E-state index < -0.39 is 0 Å². The molecule has 17 heavy (non-hydrogen) atoms. The van der Waals surface area contributed by atoms with E-state index >= 15 is 0 Å². The van der Waals surface area contributed by atoms with E-state index in [0.717, 1.165) is 22.4 Å². The lowest BCUT2D eigenvalue weighted by Gasteiger charge is -2.13. The van der Waals surface area contributed by atoms with Crippen molar-refractivity contribution in [2.75, 3.05) is 7.11 Å². The second-order valence-electron chi connectivity index (χ2n) is 3.86. The fourth-order valence-corrected chi connectivity index (χ4v) is 2.29. The van der Waals surface area contributed by atoms with Gasteiger partial charge in [-0.3, -0.25) is 0 Å². The first kappa shape index (κ1) is 12.2. The number of halogens is 1. The fraction of sp³-hybridized carbons (Fsp3) is 0.231. The maximum Gasteiger partial charge on any atom is 0.174 e. The molecule has 1 heterocycles. The minimum Gasteiger partial charge on any atom is -0.496 e. The summed E-state index contributed by atoms with van der Waals surface area (Å²) in [6.07, 6.45) is 1.62. The molecule has 0 amide bonds. The van der Waals surface area contributed by atoms with Crippen LogP contribution >= 0.6 is 15.9 Å². The zero-order valence-corrected chi connectivity index (χ0v) is 11.3. The average molecular weight is 296 g/mol. The lowest BCUT2D eigenvalue weighted by atomic mass is 10.00. The summed E-state index contributed by atoms with van der Waals surface area (Å²) < 4.78 is 11.1. The minimum absolute atomic E-state index is 0.201. The van der Waals surface area contributed by atoms with E-state index in [2.05, 4.69) is 15.9 Å². The van der Waals surface area contributed by atoms with E-state index in [4.69, 9.17) is 14.9 Å². The Kier molecular flexibility index (Phi) is 3.54. The molecule has 1 aromatic heterocycles. The smallest absolute Gasteiger partial charge is 0.174 e. The molecule has 0 radical (unpaired) electrons. The Morgan fingerprint density at radius 1 is 1.35 bits per heavy atom. The second kappa shape index (κ2) is 4.94. The van der Waals surface area contributed by atoms with Crippen LogP contribution in [0.4, 0.5) is 0 Å². The molecule has 0 saturated carbocycles. The summed E-state index contributed by atoms with van der Waals surface area (Å²) in [7, 11) is 1.66. The fourth-order valence-electron chi connectivity index (χ4n) is 1.80. The number of hydrogen-bond donors (Lipinski definition) is 1. The van der Waals surface area contributed by atoms with Gasteiger partial charge in [-0.25, -0.2) is 0 Å². The van der Waals surface area contributed by atoms with E-state index in [1.807, 2.05) is 31.2 Å². The number of nitrogens with two attached hydrogens (primary N) is 1. The number of rotatable bonds is 3. The van der Waals surface area contributed by atoms with E-state index in [1.54, 1.807) is 13.4 Å². The van der Waals surface area contributed by atoms with E-state index in [0.29, 0.717) is 4.67 Å². The van der Waals surface area contributed by atoms with Gasteiger partial charge >= 0.3 is 0 Å². The summed E-state index contributed by atoms with van der Waals surface area (Å²) in [5.74, 6) is 0.868. The number of methoxy groups -OCH3 is 1. The summed E-state index contributed by atoms with van der Waals surface area (Å²) >= 11 is 3.34. The molecule has 2 rings (SSSR count). The van der Waals surface area contributed by atoms with Gasteiger partial charge in [-0.1, -0.05) is 12.1 Å². The van der Waals surface area contributed by atoms with Gasteiger partial charge in [0.05, 0.1) is 19.4 Å². The highest BCUT2D eigenvalue weighted by atomic mass is 79.9. The lowest BCUT2D eigenvalue weighted by molar-refractivity contribution is 0.411. The topological polar surface area (TPSA) is 48.4 Å². The third kappa shape index (κ3) is 2.37. The molecule has 0 saturated heterocycles. The van der Waals surface area contributed by atoms with Crippen LogP contribution in [0.2, 0.25) is 0 Å². The SMILES string of the molecule is COc1ccc(C(N)c2ccoc2Br)cc1C. The van der Waals surface area contributed by atoms with Crippen LogP contribution in [0.15, 0.2) is 39.6 Å². The van der Waals surface area contributed by atoms with Gasteiger partial charge in [-0.05, 0) is 46.1 Å². The number of ether oxygens (including phenoxy) is 1. The summed E-state index contributed by atoms with van der Waals surface area (Å²) in [5.41, 5.74) is 9.23. The molecule has 2 N–H and O–H groups in total. The first-order valence-corrected chi connectivity index (χ1v) is 6.05. The van der Waals surface area contributed by atoms with E-state index in [-0.39, 0.29) is 6.04 Å². The van der Waals surface area contributed by atoms with Crippen molar-refractivity contribution in [3.05, 3.63) is 51.9 Å². The largest absolute Gasteiger partial charge is 0.496 e.